The first-order chi connectivity index (χ1) is 23.0. The topological polar surface area (TPSA) is 80.6 Å². The van der Waals surface area contributed by atoms with Crippen LogP contribution in [-0.4, -0.2) is 48.6 Å². The van der Waals surface area contributed by atoms with Crippen molar-refractivity contribution in [3.8, 4) is 11.1 Å². The molecule has 7 nitrogen and oxygen atoms in total. The highest BCUT2D eigenvalue weighted by atomic mass is 19.4. The van der Waals surface area contributed by atoms with Gasteiger partial charge in [0.15, 0.2) is 0 Å². The van der Waals surface area contributed by atoms with E-state index in [4.69, 9.17) is 4.74 Å². The van der Waals surface area contributed by atoms with E-state index in [9.17, 15) is 27.6 Å². The van der Waals surface area contributed by atoms with Crippen molar-refractivity contribution in [1.29, 1.82) is 0 Å². The van der Waals surface area contributed by atoms with Crippen LogP contribution in [0.4, 0.5) is 13.2 Å². The van der Waals surface area contributed by atoms with E-state index in [0.29, 0.717) is 12.6 Å². The average Bonchev–Trinajstić information content (AvgIpc) is 3.47. The molecule has 0 spiro atoms. The Morgan fingerprint density at radius 1 is 1.02 bits per heavy atom. The van der Waals surface area contributed by atoms with Crippen LogP contribution in [0.5, 0.6) is 0 Å². The van der Waals surface area contributed by atoms with Gasteiger partial charge >= 0.3 is 12.1 Å². The highest BCUT2D eigenvalue weighted by molar-refractivity contribution is 5.82. The molecule has 1 aromatic heterocycles. The third-order valence-corrected chi connectivity index (χ3v) is 9.21. The van der Waals surface area contributed by atoms with Crippen molar-refractivity contribution in [2.24, 2.45) is 5.92 Å². The Morgan fingerprint density at radius 2 is 1.69 bits per heavy atom. The molecule has 49 heavy (non-hydrogen) atoms. The molecular formula is C39H50F3N3O4. The Bertz CT molecular complexity index is 1720. The van der Waals surface area contributed by atoms with Crippen LogP contribution in [-0.2, 0) is 39.8 Å². The summed E-state index contributed by atoms with van der Waals surface area (Å²) in [5.74, 6) is -1.11. The molecule has 0 bridgehead atoms. The number of fused-ring (bicyclic) bond motifs is 1. The number of pyridine rings is 1. The van der Waals surface area contributed by atoms with Crippen LogP contribution < -0.4 is 10.9 Å². The van der Waals surface area contributed by atoms with Gasteiger partial charge in [0, 0.05) is 18.8 Å². The van der Waals surface area contributed by atoms with E-state index in [1.807, 2.05) is 13.8 Å². The van der Waals surface area contributed by atoms with Crippen molar-refractivity contribution in [3.05, 3.63) is 91.4 Å². The fourth-order valence-electron chi connectivity index (χ4n) is 7.10. The molecular weight excluding hydrogens is 631 g/mol. The van der Waals surface area contributed by atoms with Gasteiger partial charge in [-0.05, 0) is 130 Å². The largest absolute Gasteiger partial charge is 0.466 e. The van der Waals surface area contributed by atoms with Crippen LogP contribution in [0, 0.1) is 26.7 Å². The first kappa shape index (κ1) is 37.9. The molecule has 0 saturated heterocycles. The first-order valence-electron chi connectivity index (χ1n) is 17.2. The van der Waals surface area contributed by atoms with Gasteiger partial charge in [-0.1, -0.05) is 37.6 Å². The minimum Gasteiger partial charge on any atom is -0.466 e. The van der Waals surface area contributed by atoms with Crippen molar-refractivity contribution in [1.82, 2.24) is 14.8 Å². The van der Waals surface area contributed by atoms with E-state index in [2.05, 4.69) is 50.4 Å². The number of amides is 1. The van der Waals surface area contributed by atoms with E-state index < -0.39 is 41.3 Å². The lowest BCUT2D eigenvalue weighted by atomic mass is 9.86. The highest BCUT2D eigenvalue weighted by Crippen LogP contribution is 2.39. The van der Waals surface area contributed by atoms with E-state index in [1.54, 1.807) is 25.9 Å². The Morgan fingerprint density at radius 3 is 2.29 bits per heavy atom. The second kappa shape index (κ2) is 15.7. The number of esters is 1. The summed E-state index contributed by atoms with van der Waals surface area (Å²) in [4.78, 5) is 42.4. The van der Waals surface area contributed by atoms with Crippen molar-refractivity contribution in [2.75, 3.05) is 27.2 Å². The number of carbonyl (C=O) groups is 2. The number of aryl methyl sites for hydroxylation is 4. The average molecular weight is 682 g/mol. The molecule has 0 radical (unpaired) electrons. The fraction of sp³-hybridized carbons (Fsp3) is 0.513. The van der Waals surface area contributed by atoms with Gasteiger partial charge in [0.1, 0.15) is 6.04 Å². The number of likely N-dealkylation sites (N-methyl/N-ethyl adjacent to an activating group) is 1. The minimum absolute atomic E-state index is 0.0410. The molecule has 0 fully saturated rings. The maximum Gasteiger partial charge on any atom is 0.416 e. The number of halogens is 3. The third kappa shape index (κ3) is 9.21. The number of nitrogens with one attached hydrogen (secondary N) is 1. The van der Waals surface area contributed by atoms with Gasteiger partial charge in [-0.2, -0.15) is 13.2 Å². The Labute approximate surface area is 287 Å². The highest BCUT2D eigenvalue weighted by Gasteiger charge is 2.36. The van der Waals surface area contributed by atoms with Crippen LogP contribution in [0.3, 0.4) is 0 Å². The quantitative estimate of drug-likeness (QED) is 0.190. The maximum absolute atomic E-state index is 14.3. The standard InChI is InChI=1S/C39H50F3N3O4/c1-9-49-36(47)21-33(29-18-27-11-10-12-30(27)31(19-29)37-25(5)16-24(4)17-26(37)6)43-38(48)34(15-23(2)3)45-22-28(13-14-44(7)8)32(20-35(45)46)39(40,41)42/h16-20,22-23,33-34H,9-15,21H2,1-8H3,(H,43,48). The summed E-state index contributed by atoms with van der Waals surface area (Å²) in [5, 5.41) is 3.05. The molecule has 1 N–H and O–H groups in total. The fourth-order valence-corrected chi connectivity index (χ4v) is 7.10. The van der Waals surface area contributed by atoms with Gasteiger partial charge in [-0.3, -0.25) is 14.4 Å². The van der Waals surface area contributed by atoms with Gasteiger partial charge < -0.3 is 19.5 Å². The van der Waals surface area contributed by atoms with Crippen molar-refractivity contribution >= 4 is 11.9 Å². The van der Waals surface area contributed by atoms with Crippen LogP contribution in [0.1, 0.15) is 96.6 Å². The molecule has 2 aromatic carbocycles. The van der Waals surface area contributed by atoms with Crippen LogP contribution in [0.2, 0.25) is 0 Å². The second-order valence-electron chi connectivity index (χ2n) is 14.1. The molecule has 3 aromatic rings. The number of carbonyl (C=O) groups excluding carboxylic acids is 2. The molecule has 0 aliphatic heterocycles. The van der Waals surface area contributed by atoms with Gasteiger partial charge in [-0.15, -0.1) is 0 Å². The number of hydrogen-bond donors (Lipinski definition) is 1. The summed E-state index contributed by atoms with van der Waals surface area (Å²) in [7, 11) is 3.52. The lowest BCUT2D eigenvalue weighted by Gasteiger charge is -2.27. The maximum atomic E-state index is 14.3. The van der Waals surface area contributed by atoms with Crippen LogP contribution in [0.25, 0.3) is 11.1 Å². The van der Waals surface area contributed by atoms with Crippen molar-refractivity contribution < 1.29 is 27.5 Å². The zero-order valence-corrected chi connectivity index (χ0v) is 30.0. The SMILES string of the molecule is CCOC(=O)CC(NC(=O)C(CC(C)C)n1cc(CCN(C)C)c(C(F)(F)F)cc1=O)c1cc2c(c(-c3c(C)cc(C)cc3C)c1)CCC2. The number of benzene rings is 2. The molecule has 266 valence electrons. The van der Waals surface area contributed by atoms with Crippen molar-refractivity contribution in [2.45, 2.75) is 98.3 Å². The summed E-state index contributed by atoms with van der Waals surface area (Å²) in [6.07, 6.45) is -0.643. The summed E-state index contributed by atoms with van der Waals surface area (Å²) in [5.41, 5.74) is 6.86. The summed E-state index contributed by atoms with van der Waals surface area (Å²) >= 11 is 0. The number of alkyl halides is 3. The van der Waals surface area contributed by atoms with E-state index in [1.165, 1.54) is 22.9 Å². The number of aromatic nitrogens is 1. The number of nitrogens with zero attached hydrogens (tertiary/aromatic N) is 2. The molecule has 2 unspecified atom stereocenters. The smallest absolute Gasteiger partial charge is 0.416 e. The van der Waals surface area contributed by atoms with Crippen LogP contribution >= 0.6 is 0 Å². The molecule has 10 heteroatoms. The molecule has 1 aliphatic rings. The molecule has 1 heterocycles. The predicted octanol–water partition coefficient (Wildman–Crippen LogP) is 7.45. The number of ether oxygens (including phenoxy) is 1. The molecule has 2 atom stereocenters. The zero-order valence-electron chi connectivity index (χ0n) is 30.0. The van der Waals surface area contributed by atoms with Gasteiger partial charge in [-0.25, -0.2) is 0 Å². The van der Waals surface area contributed by atoms with Gasteiger partial charge in [0.25, 0.3) is 5.56 Å². The third-order valence-electron chi connectivity index (χ3n) is 9.21. The summed E-state index contributed by atoms with van der Waals surface area (Å²) in [6.45, 7) is 12.2. The molecule has 0 saturated carbocycles. The van der Waals surface area contributed by atoms with Crippen LogP contribution in [0.15, 0.2) is 41.3 Å². The minimum atomic E-state index is -4.72. The van der Waals surface area contributed by atoms with Gasteiger partial charge in [0.05, 0.1) is 24.6 Å². The predicted molar refractivity (Wildman–Crippen MR) is 187 cm³/mol. The zero-order chi connectivity index (χ0) is 36.2. The molecule has 1 aliphatic carbocycles. The summed E-state index contributed by atoms with van der Waals surface area (Å²) < 4.78 is 48.5. The summed E-state index contributed by atoms with van der Waals surface area (Å²) in [6, 6.07) is 7.11. The first-order valence-corrected chi connectivity index (χ1v) is 17.2. The lowest BCUT2D eigenvalue weighted by Crippen LogP contribution is -2.40. The molecule has 1 amide bonds. The van der Waals surface area contributed by atoms with E-state index in [0.717, 1.165) is 51.6 Å². The monoisotopic (exact) mass is 681 g/mol. The number of rotatable bonds is 13. The van der Waals surface area contributed by atoms with Crippen molar-refractivity contribution in [3.63, 3.8) is 0 Å². The Kier molecular flexibility index (Phi) is 12.2. The Hall–Kier alpha value is -3.92. The van der Waals surface area contributed by atoms with E-state index in [-0.39, 0.29) is 37.4 Å². The molecule has 4 rings (SSSR count). The normalized spacial score (nSPS) is 14.2. The lowest BCUT2D eigenvalue weighted by molar-refractivity contribution is -0.144. The second-order valence-corrected chi connectivity index (χ2v) is 14.1. The number of hydrogen-bond acceptors (Lipinski definition) is 5. The Balaban J connectivity index is 1.83. The van der Waals surface area contributed by atoms with Gasteiger partial charge in [0.2, 0.25) is 5.91 Å². The van der Waals surface area contributed by atoms with E-state index >= 15 is 0 Å².